The number of carbonyl (C=O) groups is 1. The van der Waals surface area contributed by atoms with E-state index in [9.17, 15) is 14.3 Å². The van der Waals surface area contributed by atoms with Gasteiger partial charge in [0.25, 0.3) is 0 Å². The Bertz CT molecular complexity index is 619. The van der Waals surface area contributed by atoms with Crippen LogP contribution in [-0.2, 0) is 6.54 Å². The molecule has 0 heterocycles. The second-order valence-corrected chi connectivity index (χ2v) is 5.31. The lowest BCUT2D eigenvalue weighted by Crippen LogP contribution is -2.37. The monoisotopic (exact) mass is 316 g/mol. The summed E-state index contributed by atoms with van der Waals surface area (Å²) < 4.78 is 13.1. The zero-order valence-corrected chi connectivity index (χ0v) is 12.8. The molecule has 0 aliphatic heterocycles. The number of benzene rings is 2. The molecule has 2 aromatic rings. The van der Waals surface area contributed by atoms with Crippen LogP contribution in [0.3, 0.4) is 0 Å². The minimum atomic E-state index is -0.322. The Kier molecular flexibility index (Phi) is 6.56. The summed E-state index contributed by atoms with van der Waals surface area (Å²) in [5.74, 6) is -0.266. The summed E-state index contributed by atoms with van der Waals surface area (Å²) in [6.45, 7) is 0.755. The first-order chi connectivity index (χ1) is 11.2. The third kappa shape index (κ3) is 5.71. The number of hydrogen-bond acceptors (Lipinski definition) is 2. The topological polar surface area (TPSA) is 61.4 Å². The number of rotatable bonds is 7. The number of aliphatic hydroxyl groups excluding tert-OH is 1. The van der Waals surface area contributed by atoms with Crippen molar-refractivity contribution < 1.29 is 14.3 Å². The quantitative estimate of drug-likeness (QED) is 0.735. The number of carbonyl (C=O) groups excluding carboxylic acids is 1. The van der Waals surface area contributed by atoms with Gasteiger partial charge in [-0.1, -0.05) is 42.5 Å². The summed E-state index contributed by atoms with van der Waals surface area (Å²) in [6, 6.07) is 15.6. The number of aliphatic hydroxyl groups is 1. The van der Waals surface area contributed by atoms with Crippen molar-refractivity contribution in [2.45, 2.75) is 18.9 Å². The van der Waals surface area contributed by atoms with Crippen LogP contribution in [0, 0.1) is 5.82 Å². The molecule has 1 unspecified atom stereocenters. The van der Waals surface area contributed by atoms with Crippen molar-refractivity contribution in [3.8, 4) is 0 Å². The van der Waals surface area contributed by atoms with Gasteiger partial charge in [-0.25, -0.2) is 9.18 Å². The molecule has 4 nitrogen and oxygen atoms in total. The Balaban J connectivity index is 1.82. The molecule has 0 spiro atoms. The molecular weight excluding hydrogens is 295 g/mol. The first-order valence-electron chi connectivity index (χ1n) is 7.61. The Hall–Kier alpha value is -2.40. The van der Waals surface area contributed by atoms with Gasteiger partial charge in [0.15, 0.2) is 0 Å². The van der Waals surface area contributed by atoms with Crippen molar-refractivity contribution in [1.29, 1.82) is 0 Å². The van der Waals surface area contributed by atoms with Crippen LogP contribution in [0.1, 0.15) is 23.5 Å². The van der Waals surface area contributed by atoms with Gasteiger partial charge in [-0.3, -0.25) is 0 Å². The maximum Gasteiger partial charge on any atom is 0.315 e. The Morgan fingerprint density at radius 3 is 2.57 bits per heavy atom. The second kappa shape index (κ2) is 8.90. The molecular formula is C18H21FN2O2. The van der Waals surface area contributed by atoms with Crippen molar-refractivity contribution in [3.05, 3.63) is 71.5 Å². The van der Waals surface area contributed by atoms with E-state index in [1.807, 2.05) is 30.3 Å². The minimum Gasteiger partial charge on any atom is -0.396 e. The normalized spacial score (nSPS) is 11.7. The van der Waals surface area contributed by atoms with E-state index >= 15 is 0 Å². The maximum absolute atomic E-state index is 13.1. The van der Waals surface area contributed by atoms with Crippen LogP contribution in [0.4, 0.5) is 9.18 Å². The van der Waals surface area contributed by atoms with E-state index < -0.39 is 0 Å². The summed E-state index contributed by atoms with van der Waals surface area (Å²) in [5.41, 5.74) is 1.78. The van der Waals surface area contributed by atoms with E-state index in [4.69, 9.17) is 0 Å². The van der Waals surface area contributed by atoms with Crippen molar-refractivity contribution in [1.82, 2.24) is 10.6 Å². The molecule has 5 heteroatoms. The zero-order valence-electron chi connectivity index (χ0n) is 12.8. The van der Waals surface area contributed by atoms with E-state index in [-0.39, 0.29) is 30.9 Å². The lowest BCUT2D eigenvalue weighted by molar-refractivity contribution is 0.237. The lowest BCUT2D eigenvalue weighted by Gasteiger charge is -2.17. The van der Waals surface area contributed by atoms with Gasteiger partial charge < -0.3 is 15.7 Å². The largest absolute Gasteiger partial charge is 0.396 e. The van der Waals surface area contributed by atoms with Crippen LogP contribution in [0.15, 0.2) is 54.6 Å². The summed E-state index contributed by atoms with van der Waals surface area (Å²) in [6.07, 6.45) is 0.578. The highest BCUT2D eigenvalue weighted by Crippen LogP contribution is 2.18. The van der Waals surface area contributed by atoms with Crippen LogP contribution < -0.4 is 10.6 Å². The van der Waals surface area contributed by atoms with E-state index in [2.05, 4.69) is 10.6 Å². The van der Waals surface area contributed by atoms with Gasteiger partial charge in [0, 0.05) is 25.6 Å². The van der Waals surface area contributed by atoms with Gasteiger partial charge in [-0.15, -0.1) is 0 Å². The molecule has 1 atom stereocenters. The molecule has 2 amide bonds. The van der Waals surface area contributed by atoms with Crippen molar-refractivity contribution in [2.75, 3.05) is 13.2 Å². The molecule has 2 rings (SSSR count). The molecule has 3 N–H and O–H groups in total. The van der Waals surface area contributed by atoms with E-state index in [1.165, 1.54) is 12.1 Å². The first kappa shape index (κ1) is 17.0. The van der Waals surface area contributed by atoms with Crippen molar-refractivity contribution in [3.63, 3.8) is 0 Å². The smallest absolute Gasteiger partial charge is 0.315 e. The first-order valence-corrected chi connectivity index (χ1v) is 7.61. The average Bonchev–Trinajstić information content (AvgIpc) is 2.57. The summed E-state index contributed by atoms with van der Waals surface area (Å²) in [5, 5.41) is 14.7. The molecule has 122 valence electrons. The number of hydrogen-bond donors (Lipinski definition) is 3. The molecule has 2 aromatic carbocycles. The summed E-state index contributed by atoms with van der Waals surface area (Å²) >= 11 is 0. The number of halogens is 1. The van der Waals surface area contributed by atoms with Gasteiger partial charge in [-0.05, 0) is 29.7 Å². The van der Waals surface area contributed by atoms with Gasteiger partial charge in [0.1, 0.15) is 5.82 Å². The molecule has 0 aliphatic carbocycles. The molecule has 0 saturated heterocycles. The number of urea groups is 1. The predicted molar refractivity (Wildman–Crippen MR) is 87.5 cm³/mol. The van der Waals surface area contributed by atoms with E-state index in [1.54, 1.807) is 12.1 Å². The third-order valence-electron chi connectivity index (χ3n) is 3.60. The highest BCUT2D eigenvalue weighted by atomic mass is 19.1. The minimum absolute atomic E-state index is 0.0566. The van der Waals surface area contributed by atoms with Gasteiger partial charge in [0.2, 0.25) is 0 Å². The molecule has 0 aliphatic rings. The zero-order chi connectivity index (χ0) is 16.5. The van der Waals surface area contributed by atoms with Gasteiger partial charge >= 0.3 is 6.03 Å². The lowest BCUT2D eigenvalue weighted by atomic mass is 9.96. The third-order valence-corrected chi connectivity index (χ3v) is 3.60. The van der Waals surface area contributed by atoms with Gasteiger partial charge in [-0.2, -0.15) is 0 Å². The van der Waals surface area contributed by atoms with Crippen LogP contribution >= 0.6 is 0 Å². The molecule has 23 heavy (non-hydrogen) atoms. The molecule has 0 fully saturated rings. The fourth-order valence-corrected chi connectivity index (χ4v) is 2.38. The van der Waals surface area contributed by atoms with Crippen LogP contribution in [0.25, 0.3) is 0 Å². The van der Waals surface area contributed by atoms with Gasteiger partial charge in [0.05, 0.1) is 0 Å². The maximum atomic E-state index is 13.1. The molecule has 0 radical (unpaired) electrons. The molecule has 0 bridgehead atoms. The van der Waals surface area contributed by atoms with Crippen LogP contribution in [0.2, 0.25) is 0 Å². The number of nitrogens with one attached hydrogen (secondary N) is 2. The summed E-state index contributed by atoms with van der Waals surface area (Å²) in [7, 11) is 0. The fourth-order valence-electron chi connectivity index (χ4n) is 2.38. The Morgan fingerprint density at radius 1 is 1.09 bits per heavy atom. The van der Waals surface area contributed by atoms with Crippen LogP contribution in [0.5, 0.6) is 0 Å². The SMILES string of the molecule is O=C(NCc1cccc(F)c1)NCC(CCO)c1ccccc1. The summed E-state index contributed by atoms with van der Waals surface area (Å²) in [4.78, 5) is 11.9. The number of amides is 2. The second-order valence-electron chi connectivity index (χ2n) is 5.31. The van der Waals surface area contributed by atoms with E-state index in [0.29, 0.717) is 18.5 Å². The molecule has 0 aromatic heterocycles. The highest BCUT2D eigenvalue weighted by Gasteiger charge is 2.12. The van der Waals surface area contributed by atoms with E-state index in [0.717, 1.165) is 5.56 Å². The predicted octanol–water partition coefficient (Wildman–Crippen LogP) is 2.79. The van der Waals surface area contributed by atoms with Crippen LogP contribution in [-0.4, -0.2) is 24.3 Å². The fraction of sp³-hybridized carbons (Fsp3) is 0.278. The van der Waals surface area contributed by atoms with Crippen molar-refractivity contribution >= 4 is 6.03 Å². The molecule has 0 saturated carbocycles. The Morgan fingerprint density at radius 2 is 1.87 bits per heavy atom. The average molecular weight is 316 g/mol. The standard InChI is InChI=1S/C18H21FN2O2/c19-17-8-4-5-14(11-17)12-20-18(23)21-13-16(9-10-22)15-6-2-1-3-7-15/h1-8,11,16,22H,9-10,12-13H2,(H2,20,21,23). The van der Waals surface area contributed by atoms with Crippen molar-refractivity contribution in [2.24, 2.45) is 0 Å². The Labute approximate surface area is 135 Å². The highest BCUT2D eigenvalue weighted by molar-refractivity contribution is 5.73.